The van der Waals surface area contributed by atoms with E-state index in [-0.39, 0.29) is 0 Å². The molecule has 0 bridgehead atoms. The highest BCUT2D eigenvalue weighted by atomic mass is 32.1. The summed E-state index contributed by atoms with van der Waals surface area (Å²) in [5.74, 6) is 0.818. The number of rotatable bonds is 7. The Labute approximate surface area is 198 Å². The maximum atomic E-state index is 9.43. The number of nitrogens with two attached hydrogens (primary N) is 1. The third-order valence-corrected chi connectivity index (χ3v) is 6.59. The highest BCUT2D eigenvalue weighted by molar-refractivity contribution is 7.19. The second-order valence-corrected chi connectivity index (χ2v) is 9.20. The SMILES string of the molecule is C=CCN(C)c1cc(N)c(C=N)cc1Nc1ncnc2sc3c(c12)CCCC3.CN(C)C=O. The van der Waals surface area contributed by atoms with Crippen molar-refractivity contribution in [3.05, 3.63) is 47.1 Å². The molecule has 0 aliphatic heterocycles. The molecule has 4 N–H and O–H groups in total. The van der Waals surface area contributed by atoms with Crippen LogP contribution in [0.15, 0.2) is 31.1 Å². The molecule has 9 heteroatoms. The van der Waals surface area contributed by atoms with Crippen molar-refractivity contribution >= 4 is 57.1 Å². The summed E-state index contributed by atoms with van der Waals surface area (Å²) in [4.78, 5) is 24.5. The van der Waals surface area contributed by atoms with Crippen LogP contribution >= 0.6 is 11.3 Å². The van der Waals surface area contributed by atoms with Crippen molar-refractivity contribution in [2.24, 2.45) is 0 Å². The van der Waals surface area contributed by atoms with Crippen LogP contribution in [-0.4, -0.2) is 55.2 Å². The van der Waals surface area contributed by atoms with Crippen molar-refractivity contribution in [2.75, 3.05) is 43.6 Å². The normalized spacial score (nSPS) is 12.2. The summed E-state index contributed by atoms with van der Waals surface area (Å²) < 4.78 is 0. The van der Waals surface area contributed by atoms with Gasteiger partial charge in [-0.2, -0.15) is 0 Å². The van der Waals surface area contributed by atoms with Gasteiger partial charge in [0.1, 0.15) is 17.0 Å². The molecule has 0 saturated heterocycles. The minimum Gasteiger partial charge on any atom is -0.398 e. The van der Waals surface area contributed by atoms with Crippen LogP contribution in [-0.2, 0) is 17.6 Å². The standard InChI is InChI=1S/C21H24N6S.C3H7NO/c1-3-8-27(2)17-10-15(23)13(11-22)9-16(17)26-20-19-14-6-4-5-7-18(14)28-21(19)25-12-24-20;1-4(2)3-5/h3,9-12,22H,1,4-8,23H2,2H3,(H,24,25,26);3H,1-2H3. The summed E-state index contributed by atoms with van der Waals surface area (Å²) in [6.45, 7) is 4.52. The molecule has 0 unspecified atom stereocenters. The van der Waals surface area contributed by atoms with Crippen molar-refractivity contribution < 1.29 is 4.79 Å². The van der Waals surface area contributed by atoms with E-state index in [1.807, 2.05) is 25.3 Å². The lowest BCUT2D eigenvalue weighted by molar-refractivity contribution is -0.115. The van der Waals surface area contributed by atoms with Crippen LogP contribution in [0.2, 0.25) is 0 Å². The molecule has 0 saturated carbocycles. The lowest BCUT2D eigenvalue weighted by Gasteiger charge is -2.23. The first-order chi connectivity index (χ1) is 15.9. The topological polar surface area (TPSA) is 111 Å². The van der Waals surface area contributed by atoms with Crippen molar-refractivity contribution in [2.45, 2.75) is 25.7 Å². The molecule has 0 fully saturated rings. The van der Waals surface area contributed by atoms with Gasteiger partial charge >= 0.3 is 0 Å². The number of nitrogens with zero attached hydrogens (tertiary/aromatic N) is 4. The fourth-order valence-electron chi connectivity index (χ4n) is 3.77. The van der Waals surface area contributed by atoms with Gasteiger partial charge in [0.15, 0.2) is 0 Å². The largest absolute Gasteiger partial charge is 0.398 e. The van der Waals surface area contributed by atoms with Crippen LogP contribution in [0.25, 0.3) is 10.2 Å². The second-order valence-electron chi connectivity index (χ2n) is 8.12. The number of aromatic nitrogens is 2. The fraction of sp³-hybridized carbons (Fsp3) is 0.333. The predicted octanol–water partition coefficient (Wildman–Crippen LogP) is 4.22. The number of aryl methyl sites for hydroxylation is 2. The molecule has 1 aromatic carbocycles. The Balaban J connectivity index is 0.000000555. The number of likely N-dealkylation sites (N-methyl/N-ethyl adjacent to an activating group) is 1. The monoisotopic (exact) mass is 465 g/mol. The van der Waals surface area contributed by atoms with E-state index in [1.54, 1.807) is 31.8 Å². The average molecular weight is 466 g/mol. The van der Waals surface area contributed by atoms with Gasteiger partial charge in [0, 0.05) is 50.0 Å². The highest BCUT2D eigenvalue weighted by Crippen LogP contribution is 2.40. The molecule has 0 atom stereocenters. The third kappa shape index (κ3) is 5.48. The summed E-state index contributed by atoms with van der Waals surface area (Å²) >= 11 is 1.78. The van der Waals surface area contributed by atoms with Gasteiger partial charge in [-0.15, -0.1) is 17.9 Å². The van der Waals surface area contributed by atoms with Crippen molar-refractivity contribution in [1.29, 1.82) is 5.41 Å². The Bertz CT molecular complexity index is 1160. The molecule has 2 aromatic heterocycles. The van der Waals surface area contributed by atoms with E-state index >= 15 is 0 Å². The molecule has 3 aromatic rings. The van der Waals surface area contributed by atoms with E-state index < -0.39 is 0 Å². The van der Waals surface area contributed by atoms with Crippen LogP contribution in [0.1, 0.15) is 28.8 Å². The van der Waals surface area contributed by atoms with E-state index in [1.165, 1.54) is 34.4 Å². The zero-order chi connectivity index (χ0) is 24.0. The fourth-order valence-corrected chi connectivity index (χ4v) is 5.00. The molecule has 1 amide bonds. The second kappa shape index (κ2) is 10.9. The molecule has 1 aliphatic rings. The molecule has 0 radical (unpaired) electrons. The zero-order valence-electron chi connectivity index (χ0n) is 19.4. The lowest BCUT2D eigenvalue weighted by atomic mass is 9.97. The summed E-state index contributed by atoms with van der Waals surface area (Å²) in [5, 5.41) is 12.3. The zero-order valence-corrected chi connectivity index (χ0v) is 20.2. The molecular formula is C24H31N7OS. The van der Waals surface area contributed by atoms with Gasteiger partial charge in [0.25, 0.3) is 0 Å². The van der Waals surface area contributed by atoms with Crippen LogP contribution in [0.4, 0.5) is 22.9 Å². The Morgan fingerprint density at radius 1 is 1.24 bits per heavy atom. The van der Waals surface area contributed by atoms with Gasteiger partial charge in [-0.3, -0.25) is 4.79 Å². The Hall–Kier alpha value is -3.46. The first-order valence-electron chi connectivity index (χ1n) is 10.8. The summed E-state index contributed by atoms with van der Waals surface area (Å²) in [6, 6.07) is 3.80. The smallest absolute Gasteiger partial charge is 0.209 e. The van der Waals surface area contributed by atoms with Crippen molar-refractivity contribution in [1.82, 2.24) is 14.9 Å². The summed E-state index contributed by atoms with van der Waals surface area (Å²) in [5.41, 5.74) is 10.6. The number of anilines is 4. The van der Waals surface area contributed by atoms with E-state index in [4.69, 9.17) is 11.1 Å². The first-order valence-corrected chi connectivity index (χ1v) is 11.6. The summed E-state index contributed by atoms with van der Waals surface area (Å²) in [7, 11) is 5.37. The number of carbonyl (C=O) groups is 1. The lowest BCUT2D eigenvalue weighted by Crippen LogP contribution is -2.18. The Morgan fingerprint density at radius 3 is 2.64 bits per heavy atom. The number of carbonyl (C=O) groups excluding carboxylic acids is 1. The molecular weight excluding hydrogens is 434 g/mol. The maximum Gasteiger partial charge on any atom is 0.209 e. The van der Waals surface area contributed by atoms with E-state index in [9.17, 15) is 4.79 Å². The number of benzene rings is 1. The Morgan fingerprint density at radius 2 is 1.97 bits per heavy atom. The number of nitrogens with one attached hydrogen (secondary N) is 2. The molecule has 174 valence electrons. The highest BCUT2D eigenvalue weighted by Gasteiger charge is 2.21. The van der Waals surface area contributed by atoms with Crippen LogP contribution in [0.3, 0.4) is 0 Å². The Kier molecular flexibility index (Phi) is 8.00. The molecule has 4 rings (SSSR count). The molecule has 2 heterocycles. The molecule has 1 aliphatic carbocycles. The van der Waals surface area contributed by atoms with Gasteiger partial charge in [-0.1, -0.05) is 6.08 Å². The van der Waals surface area contributed by atoms with E-state index in [2.05, 4.69) is 26.8 Å². The molecule has 0 spiro atoms. The number of nitrogen functional groups attached to an aromatic ring is 1. The van der Waals surface area contributed by atoms with Gasteiger partial charge < -0.3 is 26.3 Å². The maximum absolute atomic E-state index is 9.43. The van der Waals surface area contributed by atoms with Gasteiger partial charge in [-0.25, -0.2) is 9.97 Å². The minimum atomic E-state index is 0.576. The molecule has 8 nitrogen and oxygen atoms in total. The summed E-state index contributed by atoms with van der Waals surface area (Å²) in [6.07, 6.45) is 10.2. The van der Waals surface area contributed by atoms with Crippen molar-refractivity contribution in [3.63, 3.8) is 0 Å². The van der Waals surface area contributed by atoms with Crippen LogP contribution in [0, 0.1) is 5.41 Å². The van der Waals surface area contributed by atoms with Crippen LogP contribution in [0.5, 0.6) is 0 Å². The van der Waals surface area contributed by atoms with Crippen LogP contribution < -0.4 is 16.0 Å². The first kappa shape index (κ1) is 24.2. The van der Waals surface area contributed by atoms with Gasteiger partial charge in [-0.05, 0) is 43.4 Å². The van der Waals surface area contributed by atoms with Gasteiger partial charge in [0.05, 0.1) is 16.8 Å². The van der Waals surface area contributed by atoms with Gasteiger partial charge in [0.2, 0.25) is 6.41 Å². The third-order valence-electron chi connectivity index (χ3n) is 5.39. The number of hydrogen-bond acceptors (Lipinski definition) is 8. The number of fused-ring (bicyclic) bond motifs is 3. The average Bonchev–Trinajstić information content (AvgIpc) is 3.20. The quantitative estimate of drug-likeness (QED) is 0.208. The van der Waals surface area contributed by atoms with Crippen molar-refractivity contribution in [3.8, 4) is 0 Å². The number of thiophene rings is 1. The predicted molar refractivity (Wildman–Crippen MR) is 139 cm³/mol. The number of hydrogen-bond donors (Lipinski definition) is 3. The van der Waals surface area contributed by atoms with E-state index in [0.717, 1.165) is 46.7 Å². The molecule has 33 heavy (non-hydrogen) atoms. The minimum absolute atomic E-state index is 0.576. The number of amides is 1. The van der Waals surface area contributed by atoms with E-state index in [0.29, 0.717) is 17.8 Å².